The molecule has 6 heteroatoms. The Hall–Kier alpha value is -2.86. The highest BCUT2D eigenvalue weighted by Crippen LogP contribution is 2.15. The van der Waals surface area contributed by atoms with Crippen LogP contribution in [0.4, 0.5) is 0 Å². The number of aromatic nitrogens is 2. The Bertz CT molecular complexity index is 736. The van der Waals surface area contributed by atoms with Crippen LogP contribution in [0.1, 0.15) is 22.2 Å². The number of nitrogens with zero attached hydrogens (tertiary/aromatic N) is 2. The SMILES string of the molecule is O=C(NCC(O)c1ccco1)c1ccccc1-n1cccn1. The van der Waals surface area contributed by atoms with Crippen LogP contribution in [0, 0.1) is 0 Å². The second kappa shape index (κ2) is 6.28. The average molecular weight is 297 g/mol. The number of benzene rings is 1. The molecule has 6 nitrogen and oxygen atoms in total. The third kappa shape index (κ3) is 2.91. The van der Waals surface area contributed by atoms with Gasteiger partial charge in [0.1, 0.15) is 11.9 Å². The standard InChI is InChI=1S/C16H15N3O3/c20-14(15-7-3-10-22-15)11-17-16(21)12-5-1-2-6-13(12)19-9-4-8-18-19/h1-10,14,20H,11H2,(H,17,21). The highest BCUT2D eigenvalue weighted by molar-refractivity contribution is 5.97. The monoisotopic (exact) mass is 297 g/mol. The molecule has 2 heterocycles. The molecule has 0 spiro atoms. The van der Waals surface area contributed by atoms with Crippen LogP contribution in [-0.2, 0) is 0 Å². The number of amides is 1. The van der Waals surface area contributed by atoms with E-state index < -0.39 is 6.10 Å². The van der Waals surface area contributed by atoms with Crippen molar-refractivity contribution in [3.63, 3.8) is 0 Å². The third-order valence-corrected chi connectivity index (χ3v) is 3.23. The number of rotatable bonds is 5. The summed E-state index contributed by atoms with van der Waals surface area (Å²) in [6, 6.07) is 12.3. The molecule has 1 amide bonds. The fourth-order valence-electron chi connectivity index (χ4n) is 2.14. The molecule has 22 heavy (non-hydrogen) atoms. The number of hydrogen-bond acceptors (Lipinski definition) is 4. The maximum absolute atomic E-state index is 12.3. The maximum Gasteiger partial charge on any atom is 0.253 e. The summed E-state index contributed by atoms with van der Waals surface area (Å²) in [6.45, 7) is 0.0692. The molecule has 0 bridgehead atoms. The van der Waals surface area contributed by atoms with Gasteiger partial charge >= 0.3 is 0 Å². The molecule has 0 aliphatic heterocycles. The van der Waals surface area contributed by atoms with Gasteiger partial charge in [0.05, 0.1) is 24.1 Å². The van der Waals surface area contributed by atoms with E-state index in [-0.39, 0.29) is 12.5 Å². The van der Waals surface area contributed by atoms with Gasteiger partial charge in [-0.3, -0.25) is 4.79 Å². The minimum atomic E-state index is -0.879. The molecular weight excluding hydrogens is 282 g/mol. The van der Waals surface area contributed by atoms with Gasteiger partial charge in [-0.15, -0.1) is 0 Å². The molecule has 1 unspecified atom stereocenters. The van der Waals surface area contributed by atoms with Crippen molar-refractivity contribution in [2.45, 2.75) is 6.10 Å². The van der Waals surface area contributed by atoms with Crippen molar-refractivity contribution in [3.8, 4) is 5.69 Å². The van der Waals surface area contributed by atoms with Gasteiger partial charge in [0.25, 0.3) is 5.91 Å². The zero-order chi connectivity index (χ0) is 15.4. The summed E-state index contributed by atoms with van der Waals surface area (Å²) in [5, 5.41) is 16.8. The van der Waals surface area contributed by atoms with E-state index in [4.69, 9.17) is 4.42 Å². The molecule has 0 radical (unpaired) electrons. The molecular formula is C16H15N3O3. The van der Waals surface area contributed by atoms with E-state index in [1.807, 2.05) is 12.1 Å². The smallest absolute Gasteiger partial charge is 0.253 e. The van der Waals surface area contributed by atoms with Crippen LogP contribution in [0.3, 0.4) is 0 Å². The predicted molar refractivity (Wildman–Crippen MR) is 79.6 cm³/mol. The maximum atomic E-state index is 12.3. The average Bonchev–Trinajstić information content (AvgIpc) is 3.24. The van der Waals surface area contributed by atoms with E-state index in [0.717, 1.165) is 0 Å². The number of carbonyl (C=O) groups is 1. The number of furan rings is 1. The molecule has 1 aromatic carbocycles. The van der Waals surface area contributed by atoms with Gasteiger partial charge in [0.15, 0.2) is 0 Å². The number of para-hydroxylation sites is 1. The molecule has 112 valence electrons. The van der Waals surface area contributed by atoms with E-state index in [1.165, 1.54) is 6.26 Å². The molecule has 2 aromatic heterocycles. The molecule has 0 fully saturated rings. The van der Waals surface area contributed by atoms with Gasteiger partial charge in [-0.2, -0.15) is 5.10 Å². The third-order valence-electron chi connectivity index (χ3n) is 3.23. The van der Waals surface area contributed by atoms with Crippen LogP contribution in [0.2, 0.25) is 0 Å². The summed E-state index contributed by atoms with van der Waals surface area (Å²) >= 11 is 0. The van der Waals surface area contributed by atoms with E-state index in [1.54, 1.807) is 47.4 Å². The van der Waals surface area contributed by atoms with Crippen LogP contribution in [0.25, 0.3) is 5.69 Å². The van der Waals surface area contributed by atoms with Crippen LogP contribution >= 0.6 is 0 Å². The minimum Gasteiger partial charge on any atom is -0.467 e. The van der Waals surface area contributed by atoms with Crippen LogP contribution < -0.4 is 5.32 Å². The summed E-state index contributed by atoms with van der Waals surface area (Å²) in [5.41, 5.74) is 1.16. The fourth-order valence-corrected chi connectivity index (χ4v) is 2.14. The number of aliphatic hydroxyl groups is 1. The fraction of sp³-hybridized carbons (Fsp3) is 0.125. The first-order valence-corrected chi connectivity index (χ1v) is 6.84. The Morgan fingerprint density at radius 2 is 2.14 bits per heavy atom. The Balaban J connectivity index is 1.73. The van der Waals surface area contributed by atoms with Crippen LogP contribution in [0.5, 0.6) is 0 Å². The van der Waals surface area contributed by atoms with Crippen molar-refractivity contribution in [1.82, 2.24) is 15.1 Å². The highest BCUT2D eigenvalue weighted by Gasteiger charge is 2.15. The largest absolute Gasteiger partial charge is 0.467 e. The zero-order valence-electron chi connectivity index (χ0n) is 11.7. The van der Waals surface area contributed by atoms with E-state index in [9.17, 15) is 9.90 Å². The molecule has 3 rings (SSSR count). The van der Waals surface area contributed by atoms with Crippen LogP contribution in [0.15, 0.2) is 65.5 Å². The first kappa shape index (κ1) is 14.1. The van der Waals surface area contributed by atoms with E-state index in [0.29, 0.717) is 17.0 Å². The van der Waals surface area contributed by atoms with Gasteiger partial charge in [-0.05, 0) is 30.3 Å². The van der Waals surface area contributed by atoms with Crippen molar-refractivity contribution in [2.24, 2.45) is 0 Å². The van der Waals surface area contributed by atoms with Gasteiger partial charge in [-0.1, -0.05) is 12.1 Å². The Labute approximate surface area is 127 Å². The molecule has 0 aliphatic rings. The summed E-state index contributed by atoms with van der Waals surface area (Å²) < 4.78 is 6.72. The number of hydrogen-bond donors (Lipinski definition) is 2. The summed E-state index contributed by atoms with van der Waals surface area (Å²) in [6.07, 6.45) is 4.02. The van der Waals surface area contributed by atoms with Gasteiger partial charge < -0.3 is 14.8 Å². The highest BCUT2D eigenvalue weighted by atomic mass is 16.4. The lowest BCUT2D eigenvalue weighted by molar-refractivity contribution is 0.0901. The lowest BCUT2D eigenvalue weighted by atomic mass is 10.1. The minimum absolute atomic E-state index is 0.0692. The second-order valence-electron chi connectivity index (χ2n) is 4.71. The lowest BCUT2D eigenvalue weighted by Crippen LogP contribution is -2.29. The van der Waals surface area contributed by atoms with E-state index in [2.05, 4.69) is 10.4 Å². The van der Waals surface area contributed by atoms with Crippen LogP contribution in [-0.4, -0.2) is 27.3 Å². The number of aliphatic hydroxyl groups excluding tert-OH is 1. The van der Waals surface area contributed by atoms with Gasteiger partial charge in [0.2, 0.25) is 0 Å². The van der Waals surface area contributed by atoms with Crippen molar-refractivity contribution < 1.29 is 14.3 Å². The first-order chi connectivity index (χ1) is 10.8. The van der Waals surface area contributed by atoms with E-state index >= 15 is 0 Å². The molecule has 0 saturated carbocycles. The Morgan fingerprint density at radius 1 is 1.27 bits per heavy atom. The zero-order valence-corrected chi connectivity index (χ0v) is 11.7. The second-order valence-corrected chi connectivity index (χ2v) is 4.71. The summed E-state index contributed by atoms with van der Waals surface area (Å²) in [4.78, 5) is 12.3. The first-order valence-electron chi connectivity index (χ1n) is 6.84. The molecule has 0 saturated heterocycles. The number of nitrogens with one attached hydrogen (secondary N) is 1. The molecule has 0 aliphatic carbocycles. The van der Waals surface area contributed by atoms with Crippen molar-refractivity contribution >= 4 is 5.91 Å². The topological polar surface area (TPSA) is 80.3 Å². The molecule has 1 atom stereocenters. The van der Waals surface area contributed by atoms with Gasteiger partial charge in [0, 0.05) is 12.4 Å². The normalized spacial score (nSPS) is 12.0. The van der Waals surface area contributed by atoms with Gasteiger partial charge in [-0.25, -0.2) is 4.68 Å². The summed E-state index contributed by atoms with van der Waals surface area (Å²) in [7, 11) is 0. The number of carbonyl (C=O) groups excluding carboxylic acids is 1. The summed E-state index contributed by atoms with van der Waals surface area (Å²) in [5.74, 6) is 0.136. The van der Waals surface area contributed by atoms with Crippen molar-refractivity contribution in [1.29, 1.82) is 0 Å². The molecule has 2 N–H and O–H groups in total. The predicted octanol–water partition coefficient (Wildman–Crippen LogP) is 1.93. The lowest BCUT2D eigenvalue weighted by Gasteiger charge is -2.12. The Kier molecular flexibility index (Phi) is 4.02. The Morgan fingerprint density at radius 3 is 2.86 bits per heavy atom. The quantitative estimate of drug-likeness (QED) is 0.754. The molecule has 3 aromatic rings. The van der Waals surface area contributed by atoms with Crippen molar-refractivity contribution in [3.05, 3.63) is 72.4 Å². The van der Waals surface area contributed by atoms with Crippen molar-refractivity contribution in [2.75, 3.05) is 6.54 Å².